The van der Waals surface area contributed by atoms with Crippen LogP contribution in [0.2, 0.25) is 0 Å². The summed E-state index contributed by atoms with van der Waals surface area (Å²) in [4.78, 5) is 2.54. The Bertz CT molecular complexity index is 410. The van der Waals surface area contributed by atoms with Gasteiger partial charge in [0, 0.05) is 19.1 Å². The Balaban J connectivity index is 1.70. The molecule has 1 aliphatic heterocycles. The Labute approximate surface area is 102 Å². The van der Waals surface area contributed by atoms with E-state index in [-0.39, 0.29) is 0 Å². The fourth-order valence-electron chi connectivity index (χ4n) is 3.31. The van der Waals surface area contributed by atoms with E-state index >= 15 is 0 Å². The van der Waals surface area contributed by atoms with Crippen LogP contribution >= 0.6 is 0 Å². The Morgan fingerprint density at radius 3 is 2.82 bits per heavy atom. The maximum Gasteiger partial charge on any atom is 0.488 e. The lowest BCUT2D eigenvalue weighted by atomic mass is 9.79. The van der Waals surface area contributed by atoms with Gasteiger partial charge >= 0.3 is 7.12 Å². The molecule has 1 aromatic carbocycles. The van der Waals surface area contributed by atoms with E-state index in [4.69, 9.17) is 10.0 Å². The monoisotopic (exact) mass is 231 g/mol. The number of piperidine rings is 1. The molecule has 1 aromatic rings. The molecule has 90 valence electrons. The molecule has 2 fully saturated rings. The third-order valence-corrected chi connectivity index (χ3v) is 4.16. The fourth-order valence-corrected chi connectivity index (χ4v) is 3.31. The van der Waals surface area contributed by atoms with Crippen LogP contribution in [0, 0.1) is 5.92 Å². The van der Waals surface area contributed by atoms with Crippen LogP contribution in [0.3, 0.4) is 0 Å². The van der Waals surface area contributed by atoms with Gasteiger partial charge in [-0.15, -0.1) is 0 Å². The van der Waals surface area contributed by atoms with Crippen LogP contribution in [0.5, 0.6) is 0 Å². The van der Waals surface area contributed by atoms with E-state index in [0.717, 1.165) is 18.5 Å². The van der Waals surface area contributed by atoms with Gasteiger partial charge in [0.1, 0.15) is 0 Å². The third kappa shape index (κ3) is 2.25. The minimum absolute atomic E-state index is 0.590. The van der Waals surface area contributed by atoms with Gasteiger partial charge < -0.3 is 10.0 Å². The molecule has 1 saturated heterocycles. The molecule has 2 atom stereocenters. The lowest BCUT2D eigenvalue weighted by molar-refractivity contribution is 0.205. The molecule has 0 aromatic heterocycles. The first-order chi connectivity index (χ1) is 8.22. The Kier molecular flexibility index (Phi) is 2.95. The van der Waals surface area contributed by atoms with Crippen LogP contribution in [0.1, 0.15) is 24.8 Å². The highest BCUT2D eigenvalue weighted by Crippen LogP contribution is 2.37. The molecule has 0 radical (unpaired) electrons. The summed E-state index contributed by atoms with van der Waals surface area (Å²) >= 11 is 0. The minimum atomic E-state index is -1.36. The molecule has 0 spiro atoms. The van der Waals surface area contributed by atoms with Gasteiger partial charge in [-0.25, -0.2) is 0 Å². The zero-order chi connectivity index (χ0) is 11.8. The van der Waals surface area contributed by atoms with Crippen molar-refractivity contribution in [3.8, 4) is 0 Å². The van der Waals surface area contributed by atoms with Crippen molar-refractivity contribution in [3.63, 3.8) is 0 Å². The van der Waals surface area contributed by atoms with Gasteiger partial charge in [0.05, 0.1) is 0 Å². The van der Waals surface area contributed by atoms with E-state index in [0.29, 0.717) is 5.46 Å². The first kappa shape index (κ1) is 11.3. The zero-order valence-corrected chi connectivity index (χ0v) is 9.92. The fraction of sp³-hybridized carbons (Fsp3) is 0.538. The molecule has 2 aliphatic rings. The van der Waals surface area contributed by atoms with E-state index < -0.39 is 7.12 Å². The van der Waals surface area contributed by atoms with Crippen molar-refractivity contribution >= 4 is 12.6 Å². The van der Waals surface area contributed by atoms with E-state index in [2.05, 4.69) is 11.0 Å². The number of hydrogen-bond acceptors (Lipinski definition) is 3. The number of likely N-dealkylation sites (tertiary alicyclic amines) is 1. The standard InChI is InChI=1S/C13H18BNO2/c16-14(17)12-3-1-2-10(6-12)8-15-9-11-4-5-13(15)7-11/h1-3,6,11,13,16-17H,4-5,7-9H2. The van der Waals surface area contributed by atoms with Gasteiger partial charge in [0.2, 0.25) is 0 Å². The average molecular weight is 231 g/mol. The van der Waals surface area contributed by atoms with Crippen molar-refractivity contribution in [2.75, 3.05) is 6.54 Å². The number of nitrogens with zero attached hydrogens (tertiary/aromatic N) is 1. The summed E-state index contributed by atoms with van der Waals surface area (Å²) < 4.78 is 0. The van der Waals surface area contributed by atoms with Crippen molar-refractivity contribution < 1.29 is 10.0 Å². The summed E-state index contributed by atoms with van der Waals surface area (Å²) in [6.07, 6.45) is 4.10. The van der Waals surface area contributed by atoms with E-state index in [1.165, 1.54) is 31.4 Å². The number of hydrogen-bond donors (Lipinski definition) is 2. The molecule has 3 nitrogen and oxygen atoms in total. The van der Waals surface area contributed by atoms with E-state index in [1.807, 2.05) is 12.1 Å². The topological polar surface area (TPSA) is 43.7 Å². The number of rotatable bonds is 3. The molecule has 2 N–H and O–H groups in total. The van der Waals surface area contributed by atoms with Crippen molar-refractivity contribution in [3.05, 3.63) is 29.8 Å². The zero-order valence-electron chi connectivity index (χ0n) is 9.92. The second kappa shape index (κ2) is 4.44. The third-order valence-electron chi connectivity index (χ3n) is 4.16. The summed E-state index contributed by atoms with van der Waals surface area (Å²) in [6.45, 7) is 2.16. The minimum Gasteiger partial charge on any atom is -0.423 e. The average Bonchev–Trinajstić information content (AvgIpc) is 2.91. The van der Waals surface area contributed by atoms with Gasteiger partial charge in [-0.05, 0) is 36.2 Å². The van der Waals surface area contributed by atoms with Crippen molar-refractivity contribution in [2.24, 2.45) is 5.92 Å². The van der Waals surface area contributed by atoms with Gasteiger partial charge in [-0.2, -0.15) is 0 Å². The van der Waals surface area contributed by atoms with Gasteiger partial charge in [-0.1, -0.05) is 24.3 Å². The van der Waals surface area contributed by atoms with Crippen LogP contribution in [0.15, 0.2) is 24.3 Å². The molecular formula is C13H18BNO2. The molecule has 2 bridgehead atoms. The molecule has 1 aliphatic carbocycles. The first-order valence-corrected chi connectivity index (χ1v) is 6.41. The summed E-state index contributed by atoms with van der Waals surface area (Å²) in [5.74, 6) is 0.909. The Morgan fingerprint density at radius 2 is 2.18 bits per heavy atom. The molecule has 17 heavy (non-hydrogen) atoms. The van der Waals surface area contributed by atoms with E-state index in [1.54, 1.807) is 6.07 Å². The maximum atomic E-state index is 9.16. The van der Waals surface area contributed by atoms with Crippen LogP contribution in [-0.4, -0.2) is 34.7 Å². The van der Waals surface area contributed by atoms with Crippen LogP contribution < -0.4 is 5.46 Å². The highest BCUT2D eigenvalue weighted by atomic mass is 16.4. The van der Waals surface area contributed by atoms with Crippen molar-refractivity contribution in [2.45, 2.75) is 31.8 Å². The van der Waals surface area contributed by atoms with Gasteiger partial charge in [-0.3, -0.25) is 4.90 Å². The lowest BCUT2D eigenvalue weighted by Crippen LogP contribution is -2.33. The SMILES string of the molecule is OB(O)c1cccc(CN2CC3CCC2C3)c1. The maximum absolute atomic E-state index is 9.16. The molecule has 3 rings (SSSR count). The predicted octanol–water partition coefficient (Wildman–Crippen LogP) is 0.351. The van der Waals surface area contributed by atoms with E-state index in [9.17, 15) is 0 Å². The van der Waals surface area contributed by atoms with Crippen LogP contribution in [-0.2, 0) is 6.54 Å². The molecule has 2 unspecified atom stereocenters. The molecule has 1 saturated carbocycles. The summed E-state index contributed by atoms with van der Waals surface area (Å²) in [7, 11) is -1.36. The van der Waals surface area contributed by atoms with Gasteiger partial charge in [0.15, 0.2) is 0 Å². The Morgan fingerprint density at radius 1 is 1.29 bits per heavy atom. The van der Waals surface area contributed by atoms with Crippen LogP contribution in [0.4, 0.5) is 0 Å². The second-order valence-corrected chi connectivity index (χ2v) is 5.38. The van der Waals surface area contributed by atoms with Crippen LogP contribution in [0.25, 0.3) is 0 Å². The quantitative estimate of drug-likeness (QED) is 0.738. The largest absolute Gasteiger partial charge is 0.488 e. The predicted molar refractivity (Wildman–Crippen MR) is 67.8 cm³/mol. The smallest absolute Gasteiger partial charge is 0.423 e. The van der Waals surface area contributed by atoms with Crippen molar-refractivity contribution in [1.29, 1.82) is 0 Å². The van der Waals surface area contributed by atoms with Gasteiger partial charge in [0.25, 0.3) is 0 Å². The van der Waals surface area contributed by atoms with Crippen molar-refractivity contribution in [1.82, 2.24) is 4.90 Å². The highest BCUT2D eigenvalue weighted by Gasteiger charge is 2.37. The second-order valence-electron chi connectivity index (χ2n) is 5.38. The first-order valence-electron chi connectivity index (χ1n) is 6.41. The summed E-state index contributed by atoms with van der Waals surface area (Å²) in [5, 5.41) is 18.3. The molecule has 4 heteroatoms. The summed E-state index contributed by atoms with van der Waals surface area (Å²) in [6, 6.07) is 8.39. The molecular weight excluding hydrogens is 213 g/mol. The molecule has 1 heterocycles. The Hall–Kier alpha value is -0.835. The summed E-state index contributed by atoms with van der Waals surface area (Å²) in [5.41, 5.74) is 1.77. The highest BCUT2D eigenvalue weighted by molar-refractivity contribution is 6.58. The lowest BCUT2D eigenvalue weighted by Gasteiger charge is -2.26. The normalized spacial score (nSPS) is 27.6. The number of benzene rings is 1. The molecule has 0 amide bonds. The number of fused-ring (bicyclic) bond motifs is 2.